The summed E-state index contributed by atoms with van der Waals surface area (Å²) >= 11 is 0. The zero-order chi connectivity index (χ0) is 14.9. The molecule has 20 heavy (non-hydrogen) atoms. The van der Waals surface area contributed by atoms with Gasteiger partial charge in [0, 0.05) is 31.9 Å². The molecule has 0 radical (unpaired) electrons. The smallest absolute Gasteiger partial charge is 0.246 e. The highest BCUT2D eigenvalue weighted by atomic mass is 32.2. The zero-order valence-electron chi connectivity index (χ0n) is 11.1. The molecule has 0 atom stereocenters. The van der Waals surface area contributed by atoms with E-state index < -0.39 is 26.6 Å². The first-order chi connectivity index (χ1) is 9.36. The van der Waals surface area contributed by atoms with Gasteiger partial charge in [0.25, 0.3) is 0 Å². The third-order valence-corrected chi connectivity index (χ3v) is 5.31. The lowest BCUT2D eigenvalue weighted by atomic mass is 10.3. The van der Waals surface area contributed by atoms with Gasteiger partial charge in [0.15, 0.2) is 11.6 Å². The van der Waals surface area contributed by atoms with Gasteiger partial charge in [0.1, 0.15) is 4.90 Å². The Kier molecular flexibility index (Phi) is 4.26. The van der Waals surface area contributed by atoms with Crippen LogP contribution in [-0.4, -0.2) is 50.3 Å². The van der Waals surface area contributed by atoms with E-state index in [1.54, 1.807) is 0 Å². The van der Waals surface area contributed by atoms with Crippen LogP contribution in [0.2, 0.25) is 0 Å². The third kappa shape index (κ3) is 2.77. The Morgan fingerprint density at radius 2 is 1.80 bits per heavy atom. The molecular formula is C12H17F2N3O2S. The summed E-state index contributed by atoms with van der Waals surface area (Å²) in [7, 11) is -4.06. The number of piperazine rings is 1. The molecule has 1 aromatic rings. The van der Waals surface area contributed by atoms with Crippen LogP contribution in [0.3, 0.4) is 0 Å². The van der Waals surface area contributed by atoms with Crippen LogP contribution in [0.15, 0.2) is 17.0 Å². The molecule has 1 aromatic carbocycles. The minimum atomic E-state index is -4.06. The van der Waals surface area contributed by atoms with E-state index in [0.29, 0.717) is 13.1 Å². The van der Waals surface area contributed by atoms with Crippen LogP contribution in [0.4, 0.5) is 14.5 Å². The normalized spacial score (nSPS) is 18.4. The predicted molar refractivity (Wildman–Crippen MR) is 71.6 cm³/mol. The van der Waals surface area contributed by atoms with Crippen LogP contribution in [0, 0.1) is 11.6 Å². The van der Waals surface area contributed by atoms with Crippen LogP contribution in [0.5, 0.6) is 0 Å². The van der Waals surface area contributed by atoms with E-state index in [4.69, 9.17) is 5.73 Å². The molecule has 2 rings (SSSR count). The molecule has 0 saturated carbocycles. The molecule has 1 fully saturated rings. The highest BCUT2D eigenvalue weighted by Crippen LogP contribution is 2.25. The summed E-state index contributed by atoms with van der Waals surface area (Å²) in [6, 6.07) is 1.73. The van der Waals surface area contributed by atoms with Crippen molar-refractivity contribution in [2.24, 2.45) is 0 Å². The molecule has 0 unspecified atom stereocenters. The maximum atomic E-state index is 13.7. The summed E-state index contributed by atoms with van der Waals surface area (Å²) in [6.45, 7) is 4.47. The zero-order valence-corrected chi connectivity index (χ0v) is 12.0. The van der Waals surface area contributed by atoms with Gasteiger partial charge in [-0.15, -0.1) is 0 Å². The molecule has 2 N–H and O–H groups in total. The predicted octanol–water partition coefficient (Wildman–Crippen LogP) is 0.873. The van der Waals surface area contributed by atoms with Gasteiger partial charge in [-0.3, -0.25) is 0 Å². The van der Waals surface area contributed by atoms with Crippen molar-refractivity contribution >= 4 is 15.7 Å². The molecule has 0 amide bonds. The van der Waals surface area contributed by atoms with Gasteiger partial charge in [0.2, 0.25) is 10.0 Å². The number of likely N-dealkylation sites (N-methyl/N-ethyl adjacent to an activating group) is 1. The molecule has 0 spiro atoms. The Morgan fingerprint density at radius 1 is 1.20 bits per heavy atom. The highest BCUT2D eigenvalue weighted by Gasteiger charge is 2.31. The number of rotatable bonds is 3. The fourth-order valence-corrected chi connectivity index (χ4v) is 3.73. The van der Waals surface area contributed by atoms with E-state index in [-0.39, 0.29) is 18.8 Å². The number of halogens is 2. The summed E-state index contributed by atoms with van der Waals surface area (Å²) in [5, 5.41) is 0. The van der Waals surface area contributed by atoms with E-state index in [9.17, 15) is 17.2 Å². The lowest BCUT2D eigenvalue weighted by Crippen LogP contribution is -2.48. The van der Waals surface area contributed by atoms with Crippen molar-refractivity contribution in [2.75, 3.05) is 38.5 Å². The monoisotopic (exact) mass is 305 g/mol. The van der Waals surface area contributed by atoms with E-state index in [1.807, 2.05) is 6.92 Å². The second-order valence-corrected chi connectivity index (χ2v) is 6.56. The Hall–Kier alpha value is -1.25. The van der Waals surface area contributed by atoms with E-state index in [1.165, 1.54) is 0 Å². The second kappa shape index (κ2) is 5.63. The lowest BCUT2D eigenvalue weighted by Gasteiger charge is -2.33. The summed E-state index contributed by atoms with van der Waals surface area (Å²) in [4.78, 5) is 1.39. The Bertz CT molecular complexity index is 599. The molecule has 1 saturated heterocycles. The van der Waals surface area contributed by atoms with Crippen molar-refractivity contribution in [3.63, 3.8) is 0 Å². The van der Waals surface area contributed by atoms with Gasteiger partial charge in [-0.25, -0.2) is 17.2 Å². The Morgan fingerprint density at radius 3 is 2.35 bits per heavy atom. The van der Waals surface area contributed by atoms with Crippen LogP contribution in [0.25, 0.3) is 0 Å². The van der Waals surface area contributed by atoms with Gasteiger partial charge in [-0.1, -0.05) is 6.92 Å². The molecule has 0 aliphatic carbocycles. The van der Waals surface area contributed by atoms with Crippen molar-refractivity contribution in [3.05, 3.63) is 23.8 Å². The van der Waals surface area contributed by atoms with Crippen molar-refractivity contribution in [1.29, 1.82) is 0 Å². The lowest BCUT2D eigenvalue weighted by molar-refractivity contribution is 0.196. The van der Waals surface area contributed by atoms with Gasteiger partial charge < -0.3 is 10.6 Å². The number of anilines is 1. The molecule has 1 aliphatic rings. The molecule has 1 aliphatic heterocycles. The summed E-state index contributed by atoms with van der Waals surface area (Å²) < 4.78 is 52.9. The number of nitrogen functional groups attached to an aromatic ring is 1. The van der Waals surface area contributed by atoms with Gasteiger partial charge >= 0.3 is 0 Å². The molecule has 112 valence electrons. The van der Waals surface area contributed by atoms with Gasteiger partial charge in [-0.05, 0) is 18.7 Å². The van der Waals surface area contributed by atoms with Crippen LogP contribution in [0.1, 0.15) is 6.92 Å². The minimum Gasteiger partial charge on any atom is -0.399 e. The summed E-state index contributed by atoms with van der Waals surface area (Å²) in [5.41, 5.74) is 5.28. The number of benzene rings is 1. The molecule has 0 aromatic heterocycles. The minimum absolute atomic E-state index is 0.116. The number of hydrogen-bond donors (Lipinski definition) is 1. The highest BCUT2D eigenvalue weighted by molar-refractivity contribution is 7.89. The first-order valence-electron chi connectivity index (χ1n) is 6.33. The maximum absolute atomic E-state index is 13.7. The van der Waals surface area contributed by atoms with Crippen molar-refractivity contribution in [3.8, 4) is 0 Å². The molecule has 1 heterocycles. The molecule has 0 bridgehead atoms. The maximum Gasteiger partial charge on any atom is 0.246 e. The number of nitrogens with two attached hydrogens (primary N) is 1. The fraction of sp³-hybridized carbons (Fsp3) is 0.500. The first kappa shape index (κ1) is 15.1. The fourth-order valence-electron chi connectivity index (χ4n) is 2.20. The van der Waals surface area contributed by atoms with Crippen molar-refractivity contribution in [2.45, 2.75) is 11.8 Å². The SMILES string of the molecule is CCN1CCN(S(=O)(=O)c2cc(N)cc(F)c2F)CC1. The van der Waals surface area contributed by atoms with Crippen LogP contribution in [-0.2, 0) is 10.0 Å². The van der Waals surface area contributed by atoms with Gasteiger partial charge in [-0.2, -0.15) is 4.31 Å². The molecule has 5 nitrogen and oxygen atoms in total. The number of hydrogen-bond acceptors (Lipinski definition) is 4. The molecule has 8 heteroatoms. The standard InChI is InChI=1S/C12H17F2N3O2S/c1-2-16-3-5-17(6-4-16)20(18,19)11-8-9(15)7-10(13)12(11)14/h7-8H,2-6,15H2,1H3. The summed E-state index contributed by atoms with van der Waals surface area (Å²) in [6.07, 6.45) is 0. The van der Waals surface area contributed by atoms with Crippen molar-refractivity contribution < 1.29 is 17.2 Å². The number of sulfonamides is 1. The van der Waals surface area contributed by atoms with E-state index in [0.717, 1.165) is 23.0 Å². The average molecular weight is 305 g/mol. The Balaban J connectivity index is 2.32. The van der Waals surface area contributed by atoms with E-state index >= 15 is 0 Å². The topological polar surface area (TPSA) is 66.6 Å². The quantitative estimate of drug-likeness (QED) is 0.842. The third-order valence-electron chi connectivity index (χ3n) is 3.41. The first-order valence-corrected chi connectivity index (χ1v) is 7.77. The largest absolute Gasteiger partial charge is 0.399 e. The van der Waals surface area contributed by atoms with Crippen LogP contribution < -0.4 is 5.73 Å². The number of nitrogens with zero attached hydrogens (tertiary/aromatic N) is 2. The van der Waals surface area contributed by atoms with Crippen molar-refractivity contribution in [1.82, 2.24) is 9.21 Å². The van der Waals surface area contributed by atoms with E-state index in [2.05, 4.69) is 4.90 Å². The Labute approximate surface area is 117 Å². The van der Waals surface area contributed by atoms with Gasteiger partial charge in [0.05, 0.1) is 0 Å². The summed E-state index contributed by atoms with van der Waals surface area (Å²) in [5.74, 6) is -2.63. The average Bonchev–Trinajstić information content (AvgIpc) is 2.42. The second-order valence-electron chi connectivity index (χ2n) is 4.65. The van der Waals surface area contributed by atoms with Crippen LogP contribution >= 0.6 is 0 Å². The molecular weight excluding hydrogens is 288 g/mol.